The number of pyridine rings is 1. The molecule has 3 heterocycles. The van der Waals surface area contributed by atoms with Crippen LogP contribution in [-0.2, 0) is 6.54 Å². The van der Waals surface area contributed by atoms with Gasteiger partial charge in [0.25, 0.3) is 5.56 Å². The van der Waals surface area contributed by atoms with E-state index in [2.05, 4.69) is 25.9 Å². The predicted molar refractivity (Wildman–Crippen MR) is 79.9 cm³/mol. The lowest BCUT2D eigenvalue weighted by molar-refractivity contribution is 0.717. The molecule has 3 rings (SSSR count). The zero-order chi connectivity index (χ0) is 13.4. The summed E-state index contributed by atoms with van der Waals surface area (Å²) in [5, 5.41) is 3.18. The van der Waals surface area contributed by atoms with Gasteiger partial charge in [-0.15, -0.1) is 11.3 Å². The van der Waals surface area contributed by atoms with Crippen LogP contribution in [0.5, 0.6) is 0 Å². The summed E-state index contributed by atoms with van der Waals surface area (Å²) in [5.41, 5.74) is -0.103. The molecule has 0 bridgehead atoms. The summed E-state index contributed by atoms with van der Waals surface area (Å²) in [6.45, 7) is 0.297. The molecule has 0 saturated heterocycles. The lowest BCUT2D eigenvalue weighted by Crippen LogP contribution is -2.20. The third-order valence-corrected chi connectivity index (χ3v) is 4.15. The highest BCUT2D eigenvalue weighted by atomic mass is 79.9. The largest absolute Gasteiger partial charge is 0.307 e. The summed E-state index contributed by atoms with van der Waals surface area (Å²) >= 11 is 10.9. The van der Waals surface area contributed by atoms with Crippen LogP contribution < -0.4 is 5.56 Å². The summed E-state index contributed by atoms with van der Waals surface area (Å²) in [4.78, 5) is 21.2. The third kappa shape index (κ3) is 2.56. The number of aromatic nitrogens is 3. The molecule has 0 spiro atoms. The van der Waals surface area contributed by atoms with Gasteiger partial charge in [0.15, 0.2) is 5.82 Å². The molecule has 0 saturated carbocycles. The van der Waals surface area contributed by atoms with Gasteiger partial charge in [0.05, 0.1) is 6.54 Å². The van der Waals surface area contributed by atoms with E-state index in [4.69, 9.17) is 11.6 Å². The molecule has 96 valence electrons. The van der Waals surface area contributed by atoms with Crippen LogP contribution in [0, 0.1) is 0 Å². The molecule has 19 heavy (non-hydrogen) atoms. The Hall–Kier alpha value is -1.24. The minimum absolute atomic E-state index is 0.103. The highest BCUT2D eigenvalue weighted by molar-refractivity contribution is 9.10. The van der Waals surface area contributed by atoms with E-state index in [0.29, 0.717) is 17.5 Å². The minimum atomic E-state index is -0.103. The maximum absolute atomic E-state index is 11.7. The second kappa shape index (κ2) is 5.03. The van der Waals surface area contributed by atoms with Crippen molar-refractivity contribution in [1.82, 2.24) is 14.5 Å². The van der Waals surface area contributed by atoms with E-state index in [9.17, 15) is 4.79 Å². The fourth-order valence-corrected chi connectivity index (χ4v) is 3.18. The molecular weight excluding hydrogens is 350 g/mol. The number of fused-ring (bicyclic) bond motifs is 1. The first-order valence-corrected chi connectivity index (χ1v) is 7.44. The molecule has 0 aliphatic heterocycles. The van der Waals surface area contributed by atoms with Crippen LogP contribution in [0.2, 0.25) is 5.15 Å². The SMILES string of the molecule is O=c1ccc(Br)cn1Cc1nc(Cl)c2ccsc2n1. The Morgan fingerprint density at radius 2 is 2.16 bits per heavy atom. The molecule has 3 aromatic rings. The highest BCUT2D eigenvalue weighted by Gasteiger charge is 2.08. The second-order valence-corrected chi connectivity index (χ2v) is 6.05. The summed E-state index contributed by atoms with van der Waals surface area (Å²) in [7, 11) is 0. The van der Waals surface area contributed by atoms with Crippen LogP contribution in [0.4, 0.5) is 0 Å². The van der Waals surface area contributed by atoms with Crippen molar-refractivity contribution in [2.45, 2.75) is 6.54 Å². The first-order valence-electron chi connectivity index (χ1n) is 5.39. The van der Waals surface area contributed by atoms with Crippen molar-refractivity contribution >= 4 is 49.1 Å². The Balaban J connectivity index is 2.05. The maximum Gasteiger partial charge on any atom is 0.250 e. The van der Waals surface area contributed by atoms with Crippen LogP contribution in [-0.4, -0.2) is 14.5 Å². The van der Waals surface area contributed by atoms with Gasteiger partial charge < -0.3 is 4.57 Å². The van der Waals surface area contributed by atoms with E-state index in [1.165, 1.54) is 22.0 Å². The van der Waals surface area contributed by atoms with Gasteiger partial charge >= 0.3 is 0 Å². The predicted octanol–water partition coefficient (Wildman–Crippen LogP) is 3.32. The topological polar surface area (TPSA) is 47.8 Å². The zero-order valence-corrected chi connectivity index (χ0v) is 12.7. The second-order valence-electron chi connectivity index (χ2n) is 3.88. The van der Waals surface area contributed by atoms with Gasteiger partial charge in [0.1, 0.15) is 9.98 Å². The van der Waals surface area contributed by atoms with E-state index in [1.807, 2.05) is 11.4 Å². The van der Waals surface area contributed by atoms with Crippen LogP contribution >= 0.6 is 38.9 Å². The van der Waals surface area contributed by atoms with Crippen LogP contribution in [0.3, 0.4) is 0 Å². The number of rotatable bonds is 2. The van der Waals surface area contributed by atoms with Crippen molar-refractivity contribution in [2.75, 3.05) is 0 Å². The van der Waals surface area contributed by atoms with Gasteiger partial charge in [-0.05, 0) is 33.4 Å². The van der Waals surface area contributed by atoms with Gasteiger partial charge in [0.2, 0.25) is 0 Å². The average molecular weight is 357 g/mol. The lowest BCUT2D eigenvalue weighted by Gasteiger charge is -2.05. The van der Waals surface area contributed by atoms with Crippen LogP contribution in [0.25, 0.3) is 10.2 Å². The molecule has 0 fully saturated rings. The van der Waals surface area contributed by atoms with Gasteiger partial charge in [-0.1, -0.05) is 11.6 Å². The molecule has 0 aromatic carbocycles. The summed E-state index contributed by atoms with van der Waals surface area (Å²) in [6, 6.07) is 5.09. The van der Waals surface area contributed by atoms with Gasteiger partial charge in [-0.2, -0.15) is 0 Å². The maximum atomic E-state index is 11.7. The zero-order valence-electron chi connectivity index (χ0n) is 9.51. The van der Waals surface area contributed by atoms with Crippen molar-refractivity contribution in [3.63, 3.8) is 0 Å². The number of thiophene rings is 1. The Labute approximate surface area is 125 Å². The average Bonchev–Trinajstić information content (AvgIpc) is 2.82. The van der Waals surface area contributed by atoms with E-state index < -0.39 is 0 Å². The standard InChI is InChI=1S/C12H7BrClN3OS/c13-7-1-2-10(18)17(5-7)6-9-15-11(14)8-3-4-19-12(8)16-9/h1-5H,6H2. The van der Waals surface area contributed by atoms with Crippen LogP contribution in [0.15, 0.2) is 39.0 Å². The van der Waals surface area contributed by atoms with Crippen molar-refractivity contribution < 1.29 is 0 Å². The smallest absolute Gasteiger partial charge is 0.250 e. The Morgan fingerprint density at radius 1 is 1.32 bits per heavy atom. The van der Waals surface area contributed by atoms with E-state index in [-0.39, 0.29) is 5.56 Å². The molecule has 0 radical (unpaired) electrons. The summed E-state index contributed by atoms with van der Waals surface area (Å²) in [6.07, 6.45) is 1.71. The lowest BCUT2D eigenvalue weighted by atomic mass is 10.4. The molecule has 0 aliphatic rings. The van der Waals surface area contributed by atoms with Gasteiger partial charge in [-0.3, -0.25) is 4.79 Å². The Kier molecular flexibility index (Phi) is 3.38. The van der Waals surface area contributed by atoms with Gasteiger partial charge in [-0.25, -0.2) is 9.97 Å². The van der Waals surface area contributed by atoms with Gasteiger partial charge in [0, 0.05) is 22.1 Å². The number of hydrogen-bond acceptors (Lipinski definition) is 4. The number of hydrogen-bond donors (Lipinski definition) is 0. The number of halogens is 2. The first-order chi connectivity index (χ1) is 9.13. The quantitative estimate of drug-likeness (QED) is 0.662. The number of nitrogens with zero attached hydrogens (tertiary/aromatic N) is 3. The molecule has 0 amide bonds. The molecule has 7 heteroatoms. The minimum Gasteiger partial charge on any atom is -0.307 e. The van der Waals surface area contributed by atoms with Crippen LogP contribution in [0.1, 0.15) is 5.82 Å². The Bertz CT molecular complexity index is 814. The van der Waals surface area contributed by atoms with E-state index in [0.717, 1.165) is 14.7 Å². The highest BCUT2D eigenvalue weighted by Crippen LogP contribution is 2.24. The summed E-state index contributed by atoms with van der Waals surface area (Å²) < 4.78 is 2.37. The molecule has 0 unspecified atom stereocenters. The van der Waals surface area contributed by atoms with E-state index in [1.54, 1.807) is 12.3 Å². The van der Waals surface area contributed by atoms with Crippen molar-refractivity contribution in [3.8, 4) is 0 Å². The normalized spacial score (nSPS) is 11.1. The molecule has 4 nitrogen and oxygen atoms in total. The fourth-order valence-electron chi connectivity index (χ4n) is 1.71. The molecule has 0 N–H and O–H groups in total. The van der Waals surface area contributed by atoms with Crippen molar-refractivity contribution in [2.24, 2.45) is 0 Å². The van der Waals surface area contributed by atoms with E-state index >= 15 is 0 Å². The molecule has 0 aliphatic carbocycles. The monoisotopic (exact) mass is 355 g/mol. The van der Waals surface area contributed by atoms with Crippen molar-refractivity contribution in [1.29, 1.82) is 0 Å². The Morgan fingerprint density at radius 3 is 3.00 bits per heavy atom. The molecule has 0 atom stereocenters. The molecular formula is C12H7BrClN3OS. The first kappa shape index (κ1) is 12.8. The molecule has 3 aromatic heterocycles. The summed E-state index contributed by atoms with van der Waals surface area (Å²) in [5.74, 6) is 0.528. The fraction of sp³-hybridized carbons (Fsp3) is 0.0833. The third-order valence-electron chi connectivity index (χ3n) is 2.58. The van der Waals surface area contributed by atoms with Crippen molar-refractivity contribution in [3.05, 3.63) is 55.6 Å².